The Kier molecular flexibility index (Phi) is 8.23. The average Bonchev–Trinajstić information content (AvgIpc) is 1.59. The van der Waals surface area contributed by atoms with Gasteiger partial charge in [0.25, 0.3) is 0 Å². The Morgan fingerprint density at radius 1 is 1.55 bits per heavy atom. The fourth-order valence-corrected chi connectivity index (χ4v) is 0.702. The minimum Gasteiger partial charge on any atom is -0.428 e. The molecule has 0 amide bonds. The van der Waals surface area contributed by atoms with Gasteiger partial charge in [-0.1, -0.05) is 6.61 Å². The topological polar surface area (TPSA) is 107 Å². The van der Waals surface area contributed by atoms with Crippen LogP contribution in [0.5, 0.6) is 0 Å². The van der Waals surface area contributed by atoms with E-state index in [1.54, 1.807) is 0 Å². The van der Waals surface area contributed by atoms with Crippen LogP contribution < -0.4 is 34.3 Å². The first kappa shape index (κ1) is 14.3. The van der Waals surface area contributed by atoms with Crippen LogP contribution >= 0.6 is 0 Å². The van der Waals surface area contributed by atoms with Crippen molar-refractivity contribution in [2.24, 2.45) is 0 Å². The van der Waals surface area contributed by atoms with Crippen molar-refractivity contribution in [2.75, 3.05) is 6.61 Å². The molecule has 0 aliphatic heterocycles. The molecule has 8 heteroatoms. The van der Waals surface area contributed by atoms with E-state index in [1.807, 2.05) is 0 Å². The summed E-state index contributed by atoms with van der Waals surface area (Å²) < 4.78 is 29.2. The van der Waals surface area contributed by atoms with E-state index >= 15 is 0 Å². The van der Waals surface area contributed by atoms with Crippen LogP contribution in [0.3, 0.4) is 0 Å². The molecule has 1 unspecified atom stereocenters. The van der Waals surface area contributed by atoms with Crippen molar-refractivity contribution in [3.63, 3.8) is 0 Å². The quantitative estimate of drug-likeness (QED) is 0.155. The van der Waals surface area contributed by atoms with Crippen molar-refractivity contribution >= 4 is 10.3 Å². The van der Waals surface area contributed by atoms with Gasteiger partial charge in [-0.25, -0.2) is 0 Å². The molecule has 4 N–H and O–H groups in total. The molecule has 0 aromatic rings. The molecule has 0 spiro atoms. The molecule has 0 saturated heterocycles. The predicted molar refractivity (Wildman–Crippen MR) is 32.1 cm³/mol. The second-order valence-corrected chi connectivity index (χ2v) is 2.64. The van der Waals surface area contributed by atoms with E-state index in [1.165, 1.54) is 4.72 Å². The van der Waals surface area contributed by atoms with E-state index in [0.717, 1.165) is 6.42 Å². The van der Waals surface area contributed by atoms with Crippen molar-refractivity contribution in [3.05, 3.63) is 6.42 Å². The molecular formula is C3H8NNaO5S. The summed E-state index contributed by atoms with van der Waals surface area (Å²) in [4.78, 5) is 0. The van der Waals surface area contributed by atoms with Crippen molar-refractivity contribution in [2.45, 2.75) is 6.23 Å². The summed E-state index contributed by atoms with van der Waals surface area (Å²) in [5.74, 6) is 0. The minimum absolute atomic E-state index is 0. The summed E-state index contributed by atoms with van der Waals surface area (Å²) in [6.07, 6.45) is -0.701. The molecule has 0 saturated carbocycles. The van der Waals surface area contributed by atoms with Crippen LogP contribution in [-0.4, -0.2) is 36.0 Å². The van der Waals surface area contributed by atoms with E-state index in [0.29, 0.717) is 0 Å². The molecular weight excluding hydrogens is 185 g/mol. The summed E-state index contributed by atoms with van der Waals surface area (Å²) in [6, 6.07) is 0. The first-order chi connectivity index (χ1) is 4.45. The molecule has 62 valence electrons. The molecule has 0 heterocycles. The zero-order chi connectivity index (χ0) is 8.20. The van der Waals surface area contributed by atoms with Gasteiger partial charge in [0.1, 0.15) is 0 Å². The summed E-state index contributed by atoms with van der Waals surface area (Å²) in [6.45, 7) is -0.482. The van der Waals surface area contributed by atoms with Gasteiger partial charge in [-0.3, -0.25) is 11.0 Å². The Labute approximate surface area is 86.8 Å². The zero-order valence-corrected chi connectivity index (χ0v) is 8.74. The Morgan fingerprint density at radius 3 is 2.27 bits per heavy atom. The van der Waals surface area contributed by atoms with Crippen LogP contribution in [0, 0.1) is 6.42 Å². The van der Waals surface area contributed by atoms with E-state index in [9.17, 15) is 8.42 Å². The standard InChI is InChI=1S/C3H8NO5S.Na/c5-2-1-3(6)4-10(7,8)9;/h1,3-6H,2H2,(H,7,8,9);/q-1;+1. The van der Waals surface area contributed by atoms with Gasteiger partial charge >= 0.3 is 39.9 Å². The molecule has 0 aliphatic rings. The maximum atomic E-state index is 9.90. The number of aliphatic hydroxyl groups excluding tert-OH is 2. The van der Waals surface area contributed by atoms with Gasteiger partial charge in [0, 0.05) is 0 Å². The average molecular weight is 193 g/mol. The summed E-state index contributed by atoms with van der Waals surface area (Å²) in [7, 11) is -4.39. The third kappa shape index (κ3) is 10.8. The van der Waals surface area contributed by atoms with Crippen LogP contribution in [0.4, 0.5) is 0 Å². The fraction of sp³-hybridized carbons (Fsp3) is 0.667. The Bertz CT molecular complexity index is 180. The maximum absolute atomic E-state index is 9.90. The van der Waals surface area contributed by atoms with Gasteiger partial charge in [0.05, 0.1) is 0 Å². The summed E-state index contributed by atoms with van der Waals surface area (Å²) >= 11 is 0. The number of hydrogen-bond donors (Lipinski definition) is 4. The van der Waals surface area contributed by atoms with E-state index in [4.69, 9.17) is 14.8 Å². The summed E-state index contributed by atoms with van der Waals surface area (Å²) in [5.41, 5.74) is 0. The van der Waals surface area contributed by atoms with Crippen LogP contribution in [0.15, 0.2) is 0 Å². The van der Waals surface area contributed by atoms with E-state index in [-0.39, 0.29) is 29.6 Å². The molecule has 0 radical (unpaired) electrons. The van der Waals surface area contributed by atoms with Crippen LogP contribution in [0.2, 0.25) is 0 Å². The van der Waals surface area contributed by atoms with Gasteiger partial charge in [-0.15, -0.1) is 0 Å². The second-order valence-electron chi connectivity index (χ2n) is 1.46. The van der Waals surface area contributed by atoms with Crippen molar-refractivity contribution in [1.82, 2.24) is 4.72 Å². The maximum Gasteiger partial charge on any atom is 1.00 e. The first-order valence-electron chi connectivity index (χ1n) is 2.32. The Balaban J connectivity index is 0. The van der Waals surface area contributed by atoms with Crippen LogP contribution in [0.25, 0.3) is 0 Å². The van der Waals surface area contributed by atoms with Gasteiger partial charge in [-0.2, -0.15) is 13.1 Å². The van der Waals surface area contributed by atoms with Gasteiger partial charge in [0.2, 0.25) is 0 Å². The third-order valence-corrected chi connectivity index (χ3v) is 1.14. The monoisotopic (exact) mass is 193 g/mol. The first-order valence-corrected chi connectivity index (χ1v) is 3.76. The van der Waals surface area contributed by atoms with Crippen molar-refractivity contribution in [1.29, 1.82) is 0 Å². The normalized spacial score (nSPS) is 13.7. The van der Waals surface area contributed by atoms with Crippen molar-refractivity contribution < 1.29 is 52.7 Å². The van der Waals surface area contributed by atoms with Gasteiger partial charge in [-0.05, 0) is 6.23 Å². The minimum atomic E-state index is -4.39. The third-order valence-electron chi connectivity index (χ3n) is 0.598. The van der Waals surface area contributed by atoms with Crippen molar-refractivity contribution in [3.8, 4) is 0 Å². The van der Waals surface area contributed by atoms with E-state index < -0.39 is 23.1 Å². The van der Waals surface area contributed by atoms with Gasteiger partial charge < -0.3 is 10.2 Å². The molecule has 6 nitrogen and oxygen atoms in total. The number of rotatable bonds is 4. The predicted octanol–water partition coefficient (Wildman–Crippen LogP) is -5.10. The Morgan fingerprint density at radius 2 is 2.00 bits per heavy atom. The molecule has 0 aliphatic carbocycles. The van der Waals surface area contributed by atoms with Crippen LogP contribution in [-0.2, 0) is 10.3 Å². The molecule has 1 atom stereocenters. The zero-order valence-electron chi connectivity index (χ0n) is 5.93. The molecule has 0 fully saturated rings. The molecule has 0 aromatic heterocycles. The second kappa shape index (κ2) is 6.32. The molecule has 0 rings (SSSR count). The SMILES string of the molecule is O=S(=O)(O)NC(O)[CH-]CO.[Na+]. The summed E-state index contributed by atoms with van der Waals surface area (Å²) in [5, 5.41) is 16.6. The number of hydrogen-bond acceptors (Lipinski definition) is 4. The molecule has 0 bridgehead atoms. The largest absolute Gasteiger partial charge is 1.00 e. The number of aliphatic hydroxyl groups is 2. The van der Waals surface area contributed by atoms with Crippen LogP contribution in [0.1, 0.15) is 0 Å². The molecule has 0 aromatic carbocycles. The smallest absolute Gasteiger partial charge is 0.428 e. The van der Waals surface area contributed by atoms with E-state index in [2.05, 4.69) is 0 Å². The number of nitrogens with one attached hydrogen (secondary N) is 1. The van der Waals surface area contributed by atoms with Gasteiger partial charge in [0.15, 0.2) is 0 Å². The Hall–Kier alpha value is 0.790. The fourth-order valence-electron chi connectivity index (χ4n) is 0.301. The molecule has 11 heavy (non-hydrogen) atoms.